The number of alkyl halides is 3. The highest BCUT2D eigenvalue weighted by molar-refractivity contribution is 7.99. The molecule has 2 aromatic heterocycles. The zero-order chi connectivity index (χ0) is 18.0. The summed E-state index contributed by atoms with van der Waals surface area (Å²) >= 11 is 1.60. The Morgan fingerprint density at radius 2 is 1.96 bits per heavy atom. The third-order valence-electron chi connectivity index (χ3n) is 3.43. The summed E-state index contributed by atoms with van der Waals surface area (Å²) in [7, 11) is 0. The van der Waals surface area contributed by atoms with Gasteiger partial charge in [-0.2, -0.15) is 13.2 Å². The first kappa shape index (κ1) is 17.4. The monoisotopic (exact) mass is 365 g/mol. The van der Waals surface area contributed by atoms with E-state index in [9.17, 15) is 13.2 Å². The number of nitrogen functional groups attached to an aromatic ring is 1. The third kappa shape index (κ3) is 3.52. The quantitative estimate of drug-likeness (QED) is 0.412. The van der Waals surface area contributed by atoms with Crippen LogP contribution in [0.2, 0.25) is 0 Å². The molecule has 3 aromatic rings. The molecule has 1 aromatic carbocycles. The first-order valence-electron chi connectivity index (χ1n) is 7.38. The lowest BCUT2D eigenvalue weighted by Gasteiger charge is -2.12. The molecule has 130 valence electrons. The number of rotatable bonds is 4. The largest absolute Gasteiger partial charge is 0.417 e. The smallest absolute Gasteiger partial charge is 0.307 e. The number of thioether (sulfide) groups is 1. The van der Waals surface area contributed by atoms with E-state index >= 15 is 0 Å². The molecule has 3 N–H and O–H groups in total. The molecule has 0 aliphatic carbocycles. The zero-order valence-electron chi connectivity index (χ0n) is 13.1. The topological polar surface area (TPSA) is 76.7 Å². The van der Waals surface area contributed by atoms with Gasteiger partial charge >= 0.3 is 6.18 Å². The highest BCUT2D eigenvalue weighted by atomic mass is 32.2. The normalized spacial score (nSPS) is 11.7. The van der Waals surface area contributed by atoms with Crippen LogP contribution in [0.1, 0.15) is 12.5 Å². The van der Waals surface area contributed by atoms with Gasteiger partial charge in [0.15, 0.2) is 11.6 Å². The second-order valence-electron chi connectivity index (χ2n) is 5.06. The number of anilines is 1. The van der Waals surface area contributed by atoms with Crippen LogP contribution in [-0.2, 0) is 6.18 Å². The number of hydrogen-bond donors (Lipinski definition) is 2. The van der Waals surface area contributed by atoms with Crippen LogP contribution in [0.25, 0.3) is 22.4 Å². The van der Waals surface area contributed by atoms with Crippen molar-refractivity contribution in [2.24, 2.45) is 5.84 Å². The van der Waals surface area contributed by atoms with Gasteiger partial charge in [-0.1, -0.05) is 25.1 Å². The minimum Gasteiger partial charge on any atom is -0.307 e. The molecule has 0 bridgehead atoms. The Morgan fingerprint density at radius 3 is 2.64 bits per heavy atom. The molecule has 0 fully saturated rings. The molecular formula is C16H14F3N5S. The predicted molar refractivity (Wildman–Crippen MR) is 92.0 cm³/mol. The fourth-order valence-corrected chi connectivity index (χ4v) is 3.13. The van der Waals surface area contributed by atoms with Gasteiger partial charge in [0.1, 0.15) is 5.52 Å². The van der Waals surface area contributed by atoms with E-state index in [1.54, 1.807) is 11.8 Å². The average molecular weight is 365 g/mol. The number of nitrogens with zero attached hydrogens (tertiary/aromatic N) is 3. The van der Waals surface area contributed by atoms with Crippen LogP contribution in [0.5, 0.6) is 0 Å². The predicted octanol–water partition coefficient (Wildman–Crippen LogP) is 4.11. The average Bonchev–Trinajstić information content (AvgIpc) is 2.60. The summed E-state index contributed by atoms with van der Waals surface area (Å²) in [5.74, 6) is 6.78. The van der Waals surface area contributed by atoms with E-state index in [1.165, 1.54) is 0 Å². The summed E-state index contributed by atoms with van der Waals surface area (Å²) in [6.45, 7) is 2.01. The van der Waals surface area contributed by atoms with Crippen molar-refractivity contribution in [2.45, 2.75) is 18.0 Å². The van der Waals surface area contributed by atoms with Crippen LogP contribution >= 0.6 is 11.8 Å². The van der Waals surface area contributed by atoms with E-state index in [1.807, 2.05) is 31.2 Å². The maximum absolute atomic E-state index is 13.0. The highest BCUT2D eigenvalue weighted by Crippen LogP contribution is 2.34. The molecule has 0 radical (unpaired) electrons. The standard InChI is InChI=1S/C16H14F3N5S/c1-2-25-12-6-4-3-5-10(12)14-22-11-7-9(16(17,18)19)8-21-13(11)15(23-14)24-20/h3-8H,2,20H2,1H3,(H,22,23,24). The highest BCUT2D eigenvalue weighted by Gasteiger charge is 2.31. The van der Waals surface area contributed by atoms with Crippen molar-refractivity contribution in [2.75, 3.05) is 11.2 Å². The molecule has 0 saturated heterocycles. The number of hydrazine groups is 1. The van der Waals surface area contributed by atoms with Crippen LogP contribution in [0.15, 0.2) is 41.4 Å². The minimum absolute atomic E-state index is 0.0732. The van der Waals surface area contributed by atoms with Crippen molar-refractivity contribution in [3.05, 3.63) is 42.1 Å². The van der Waals surface area contributed by atoms with E-state index in [2.05, 4.69) is 20.4 Å². The number of nitrogens with two attached hydrogens (primary N) is 1. The number of hydrogen-bond acceptors (Lipinski definition) is 6. The van der Waals surface area contributed by atoms with Gasteiger partial charge in [0.2, 0.25) is 0 Å². The van der Waals surface area contributed by atoms with Crippen LogP contribution in [0.4, 0.5) is 19.0 Å². The Kier molecular flexibility index (Phi) is 4.78. The van der Waals surface area contributed by atoms with Crippen molar-refractivity contribution in [3.63, 3.8) is 0 Å². The lowest BCUT2D eigenvalue weighted by Crippen LogP contribution is -2.12. The molecule has 2 heterocycles. The van der Waals surface area contributed by atoms with Crippen molar-refractivity contribution in [1.29, 1.82) is 0 Å². The van der Waals surface area contributed by atoms with Crippen molar-refractivity contribution >= 4 is 28.6 Å². The number of benzene rings is 1. The number of pyridine rings is 1. The number of aromatic nitrogens is 3. The minimum atomic E-state index is -4.50. The fraction of sp³-hybridized carbons (Fsp3) is 0.188. The SMILES string of the molecule is CCSc1ccccc1-c1nc(NN)c2ncc(C(F)(F)F)cc2n1. The van der Waals surface area contributed by atoms with Crippen LogP contribution < -0.4 is 11.3 Å². The zero-order valence-corrected chi connectivity index (χ0v) is 13.9. The van der Waals surface area contributed by atoms with Gasteiger partial charge in [-0.15, -0.1) is 11.8 Å². The van der Waals surface area contributed by atoms with Gasteiger partial charge in [0.25, 0.3) is 0 Å². The summed E-state index contributed by atoms with van der Waals surface area (Å²) in [6.07, 6.45) is -3.76. The van der Waals surface area contributed by atoms with E-state index in [0.29, 0.717) is 0 Å². The van der Waals surface area contributed by atoms with Gasteiger partial charge in [0.05, 0.1) is 11.1 Å². The van der Waals surface area contributed by atoms with E-state index in [0.717, 1.165) is 28.5 Å². The summed E-state index contributed by atoms with van der Waals surface area (Å²) in [5, 5.41) is 0. The number of fused-ring (bicyclic) bond motifs is 1. The second-order valence-corrected chi connectivity index (χ2v) is 6.36. The van der Waals surface area contributed by atoms with E-state index in [4.69, 9.17) is 5.84 Å². The van der Waals surface area contributed by atoms with Gasteiger partial charge < -0.3 is 5.43 Å². The van der Waals surface area contributed by atoms with Crippen molar-refractivity contribution in [1.82, 2.24) is 15.0 Å². The Balaban J connectivity index is 2.23. The molecule has 3 rings (SSSR count). The summed E-state index contributed by atoms with van der Waals surface area (Å²) in [6, 6.07) is 8.39. The maximum atomic E-state index is 13.0. The molecule has 0 saturated carbocycles. The first-order valence-corrected chi connectivity index (χ1v) is 8.36. The lowest BCUT2D eigenvalue weighted by atomic mass is 10.2. The molecule has 0 amide bonds. The van der Waals surface area contributed by atoms with Crippen molar-refractivity contribution in [3.8, 4) is 11.4 Å². The molecule has 25 heavy (non-hydrogen) atoms. The van der Waals surface area contributed by atoms with Gasteiger partial charge in [-0.3, -0.25) is 4.98 Å². The summed E-state index contributed by atoms with van der Waals surface area (Å²) < 4.78 is 38.9. The Morgan fingerprint density at radius 1 is 1.20 bits per heavy atom. The Hall–Kier alpha value is -2.39. The van der Waals surface area contributed by atoms with E-state index in [-0.39, 0.29) is 22.7 Å². The van der Waals surface area contributed by atoms with Crippen LogP contribution in [0.3, 0.4) is 0 Å². The molecule has 9 heteroatoms. The summed E-state index contributed by atoms with van der Waals surface area (Å²) in [5.41, 5.74) is 2.50. The van der Waals surface area contributed by atoms with Crippen LogP contribution in [-0.4, -0.2) is 20.7 Å². The fourth-order valence-electron chi connectivity index (χ4n) is 2.33. The number of halogens is 3. The molecule has 0 aliphatic heterocycles. The Bertz CT molecular complexity index is 914. The van der Waals surface area contributed by atoms with Crippen molar-refractivity contribution < 1.29 is 13.2 Å². The van der Waals surface area contributed by atoms with E-state index < -0.39 is 11.7 Å². The molecule has 0 spiro atoms. The van der Waals surface area contributed by atoms with Gasteiger partial charge in [-0.05, 0) is 17.9 Å². The third-order valence-corrected chi connectivity index (χ3v) is 4.38. The molecule has 0 atom stereocenters. The van der Waals surface area contributed by atoms with Crippen LogP contribution in [0, 0.1) is 0 Å². The van der Waals surface area contributed by atoms with Gasteiger partial charge in [-0.25, -0.2) is 15.8 Å². The maximum Gasteiger partial charge on any atom is 0.417 e. The lowest BCUT2D eigenvalue weighted by molar-refractivity contribution is -0.137. The number of nitrogens with one attached hydrogen (secondary N) is 1. The summed E-state index contributed by atoms with van der Waals surface area (Å²) in [4.78, 5) is 13.4. The molecule has 0 unspecified atom stereocenters. The first-order chi connectivity index (χ1) is 11.9. The molecule has 0 aliphatic rings. The Labute approximate surface area is 145 Å². The molecule has 5 nitrogen and oxygen atoms in total. The second kappa shape index (κ2) is 6.85. The van der Waals surface area contributed by atoms with Gasteiger partial charge in [0, 0.05) is 16.7 Å². The molecular weight excluding hydrogens is 351 g/mol.